The Hall–Kier alpha value is -2.33. The zero-order valence-electron chi connectivity index (χ0n) is 12.9. The first-order chi connectivity index (χ1) is 11.1. The molecule has 0 bridgehead atoms. The van der Waals surface area contributed by atoms with Crippen LogP contribution in [0.25, 0.3) is 0 Å². The summed E-state index contributed by atoms with van der Waals surface area (Å²) in [5.74, 6) is -0.271. The largest absolute Gasteiger partial charge is 0.326 e. The minimum Gasteiger partial charge on any atom is -0.326 e. The molecule has 0 aliphatic carbocycles. The predicted molar refractivity (Wildman–Crippen MR) is 94.0 cm³/mol. The van der Waals surface area contributed by atoms with E-state index in [1.807, 2.05) is 6.92 Å². The molecule has 5 heteroatoms. The minimum atomic E-state index is -0.248. The van der Waals surface area contributed by atoms with E-state index in [2.05, 4.69) is 10.6 Å². The van der Waals surface area contributed by atoms with E-state index in [-0.39, 0.29) is 11.8 Å². The Morgan fingerprint density at radius 3 is 2.39 bits per heavy atom. The summed E-state index contributed by atoms with van der Waals surface area (Å²) >= 11 is 5.89. The summed E-state index contributed by atoms with van der Waals surface area (Å²) in [5.41, 5.74) is 1.76. The number of hydrogen-bond donors (Lipinski definition) is 2. The summed E-state index contributed by atoms with van der Waals surface area (Å²) in [6.07, 6.45) is 2.33. The molecule has 0 heterocycles. The average molecular weight is 331 g/mol. The Labute approximate surface area is 140 Å². The predicted octanol–water partition coefficient (Wildman–Crippen LogP) is 4.72. The first-order valence-corrected chi connectivity index (χ1v) is 7.93. The van der Waals surface area contributed by atoms with E-state index in [0.717, 1.165) is 12.8 Å². The molecule has 0 radical (unpaired) electrons. The van der Waals surface area contributed by atoms with Gasteiger partial charge in [0.2, 0.25) is 5.91 Å². The molecule has 2 N–H and O–H groups in total. The highest BCUT2D eigenvalue weighted by molar-refractivity contribution is 6.31. The molecular weight excluding hydrogens is 312 g/mol. The Bertz CT molecular complexity index is 701. The van der Waals surface area contributed by atoms with Gasteiger partial charge in [0.25, 0.3) is 5.91 Å². The number of amides is 2. The second-order valence-corrected chi connectivity index (χ2v) is 5.63. The minimum absolute atomic E-state index is 0.0230. The van der Waals surface area contributed by atoms with E-state index < -0.39 is 0 Å². The Kier molecular flexibility index (Phi) is 6.18. The molecule has 2 aromatic carbocycles. The topological polar surface area (TPSA) is 58.2 Å². The second kappa shape index (κ2) is 8.34. The van der Waals surface area contributed by atoms with Crippen LogP contribution in [0.4, 0.5) is 11.4 Å². The number of carbonyl (C=O) groups excluding carboxylic acids is 2. The molecule has 0 saturated carbocycles. The van der Waals surface area contributed by atoms with Gasteiger partial charge in [-0.15, -0.1) is 0 Å². The maximum absolute atomic E-state index is 12.2. The zero-order valence-corrected chi connectivity index (χ0v) is 13.7. The highest BCUT2D eigenvalue weighted by atomic mass is 35.5. The Balaban J connectivity index is 2.02. The van der Waals surface area contributed by atoms with Crippen molar-refractivity contribution in [2.24, 2.45) is 0 Å². The fraction of sp³-hybridized carbons (Fsp3) is 0.222. The molecule has 2 rings (SSSR count). The lowest BCUT2D eigenvalue weighted by Crippen LogP contribution is -2.13. The first kappa shape index (κ1) is 17.0. The molecule has 120 valence electrons. The van der Waals surface area contributed by atoms with Gasteiger partial charge in [0.15, 0.2) is 0 Å². The normalized spacial score (nSPS) is 10.2. The first-order valence-electron chi connectivity index (χ1n) is 7.55. The number of carbonyl (C=O) groups is 2. The monoisotopic (exact) mass is 330 g/mol. The van der Waals surface area contributed by atoms with Crippen LogP contribution >= 0.6 is 11.6 Å². The lowest BCUT2D eigenvalue weighted by Gasteiger charge is -2.09. The van der Waals surface area contributed by atoms with Crippen LogP contribution in [0, 0.1) is 0 Å². The van der Waals surface area contributed by atoms with Gasteiger partial charge in [0.1, 0.15) is 0 Å². The average Bonchev–Trinajstić information content (AvgIpc) is 2.53. The Morgan fingerprint density at radius 2 is 1.70 bits per heavy atom. The van der Waals surface area contributed by atoms with Crippen molar-refractivity contribution in [1.82, 2.24) is 0 Å². The summed E-state index contributed by atoms with van der Waals surface area (Å²) < 4.78 is 0. The molecule has 0 aliphatic heterocycles. The molecule has 2 aromatic rings. The van der Waals surface area contributed by atoms with E-state index in [0.29, 0.717) is 28.4 Å². The van der Waals surface area contributed by atoms with Crippen LogP contribution in [0.15, 0.2) is 48.5 Å². The van der Waals surface area contributed by atoms with Crippen molar-refractivity contribution in [3.8, 4) is 0 Å². The summed E-state index contributed by atoms with van der Waals surface area (Å²) in [4.78, 5) is 23.9. The third kappa shape index (κ3) is 5.42. The molecule has 0 aliphatic rings. The fourth-order valence-corrected chi connectivity index (χ4v) is 2.26. The van der Waals surface area contributed by atoms with Crippen LogP contribution in [0.5, 0.6) is 0 Å². The summed E-state index contributed by atoms with van der Waals surface area (Å²) in [6, 6.07) is 13.8. The highest BCUT2D eigenvalue weighted by Crippen LogP contribution is 2.17. The van der Waals surface area contributed by atoms with Crippen LogP contribution in [0.3, 0.4) is 0 Å². The molecule has 0 saturated heterocycles. The van der Waals surface area contributed by atoms with Gasteiger partial charge in [0.05, 0.1) is 0 Å². The third-order valence-electron chi connectivity index (χ3n) is 3.25. The highest BCUT2D eigenvalue weighted by Gasteiger charge is 2.07. The molecule has 2 amide bonds. The molecule has 0 fully saturated rings. The van der Waals surface area contributed by atoms with Crippen LogP contribution in [-0.4, -0.2) is 11.8 Å². The van der Waals surface area contributed by atoms with Crippen LogP contribution in [0.2, 0.25) is 5.02 Å². The number of unbranched alkanes of at least 4 members (excludes halogenated alkanes) is 1. The van der Waals surface area contributed by atoms with E-state index >= 15 is 0 Å². The van der Waals surface area contributed by atoms with Crippen molar-refractivity contribution in [2.45, 2.75) is 26.2 Å². The number of nitrogens with one attached hydrogen (secondary N) is 2. The molecule has 0 aromatic heterocycles. The van der Waals surface area contributed by atoms with Gasteiger partial charge in [-0.25, -0.2) is 0 Å². The van der Waals surface area contributed by atoms with Crippen molar-refractivity contribution in [3.05, 3.63) is 59.1 Å². The molecule has 0 atom stereocenters. The molecule has 23 heavy (non-hydrogen) atoms. The number of rotatable bonds is 6. The molecular formula is C18H19ClN2O2. The zero-order chi connectivity index (χ0) is 16.7. The molecule has 0 spiro atoms. The number of hydrogen-bond acceptors (Lipinski definition) is 2. The number of benzene rings is 2. The quantitative estimate of drug-likeness (QED) is 0.805. The second-order valence-electron chi connectivity index (χ2n) is 5.20. The van der Waals surface area contributed by atoms with Gasteiger partial charge >= 0.3 is 0 Å². The lowest BCUT2D eigenvalue weighted by atomic mass is 10.2. The molecule has 0 unspecified atom stereocenters. The third-order valence-corrected chi connectivity index (χ3v) is 3.48. The van der Waals surface area contributed by atoms with Gasteiger partial charge in [0, 0.05) is 28.4 Å². The standard InChI is InChI=1S/C18H19ClN2O2/c1-2-3-10-17(22)20-15-8-5-9-16(12-15)21-18(23)13-6-4-7-14(19)11-13/h4-9,11-12H,2-3,10H2,1H3,(H,20,22)(H,21,23). The van der Waals surface area contributed by atoms with E-state index in [1.165, 1.54) is 0 Å². The molecule has 4 nitrogen and oxygen atoms in total. The van der Waals surface area contributed by atoms with Gasteiger partial charge in [-0.2, -0.15) is 0 Å². The maximum Gasteiger partial charge on any atom is 0.255 e. The van der Waals surface area contributed by atoms with Crippen LogP contribution < -0.4 is 10.6 Å². The van der Waals surface area contributed by atoms with E-state index in [4.69, 9.17) is 11.6 Å². The van der Waals surface area contributed by atoms with E-state index in [9.17, 15) is 9.59 Å². The van der Waals surface area contributed by atoms with Crippen molar-refractivity contribution >= 4 is 34.8 Å². The van der Waals surface area contributed by atoms with Crippen LogP contribution in [-0.2, 0) is 4.79 Å². The van der Waals surface area contributed by atoms with Crippen LogP contribution in [0.1, 0.15) is 36.5 Å². The van der Waals surface area contributed by atoms with Crippen molar-refractivity contribution in [1.29, 1.82) is 0 Å². The summed E-state index contributed by atoms with van der Waals surface area (Å²) in [7, 11) is 0. The lowest BCUT2D eigenvalue weighted by molar-refractivity contribution is -0.116. The maximum atomic E-state index is 12.2. The van der Waals surface area contributed by atoms with Gasteiger partial charge in [-0.05, 0) is 42.8 Å². The fourth-order valence-electron chi connectivity index (χ4n) is 2.07. The van der Waals surface area contributed by atoms with Gasteiger partial charge < -0.3 is 10.6 Å². The number of halogens is 1. The van der Waals surface area contributed by atoms with Gasteiger partial charge in [-0.1, -0.05) is 37.1 Å². The Morgan fingerprint density at radius 1 is 1.00 bits per heavy atom. The van der Waals surface area contributed by atoms with Crippen molar-refractivity contribution in [3.63, 3.8) is 0 Å². The van der Waals surface area contributed by atoms with Crippen molar-refractivity contribution in [2.75, 3.05) is 10.6 Å². The van der Waals surface area contributed by atoms with Crippen molar-refractivity contribution < 1.29 is 9.59 Å². The smallest absolute Gasteiger partial charge is 0.255 e. The van der Waals surface area contributed by atoms with E-state index in [1.54, 1.807) is 48.5 Å². The summed E-state index contributed by atoms with van der Waals surface area (Å²) in [5, 5.41) is 6.13. The van der Waals surface area contributed by atoms with Gasteiger partial charge in [-0.3, -0.25) is 9.59 Å². The number of anilines is 2. The summed E-state index contributed by atoms with van der Waals surface area (Å²) in [6.45, 7) is 2.04. The SMILES string of the molecule is CCCCC(=O)Nc1cccc(NC(=O)c2cccc(Cl)c2)c1.